The zero-order valence-corrected chi connectivity index (χ0v) is 16.6. The summed E-state index contributed by atoms with van der Waals surface area (Å²) in [5.74, 6) is 0.201. The van der Waals surface area contributed by atoms with Gasteiger partial charge in [0.05, 0.1) is 0 Å². The van der Waals surface area contributed by atoms with Gasteiger partial charge in [0.1, 0.15) is 0 Å². The number of benzene rings is 1. The van der Waals surface area contributed by atoms with Gasteiger partial charge in [-0.25, -0.2) is 0 Å². The molecule has 140 valence electrons. The van der Waals surface area contributed by atoms with Crippen LogP contribution in [0, 0.1) is 0 Å². The highest BCUT2D eigenvalue weighted by Crippen LogP contribution is 2.22. The Kier molecular flexibility index (Phi) is 7.49. The van der Waals surface area contributed by atoms with Crippen LogP contribution in [0.3, 0.4) is 0 Å². The Morgan fingerprint density at radius 2 is 1.80 bits per heavy atom. The molecule has 1 aromatic rings. The van der Waals surface area contributed by atoms with Crippen LogP contribution >= 0.6 is 0 Å². The summed E-state index contributed by atoms with van der Waals surface area (Å²) in [6.45, 7) is 12.4. The number of nitrogens with one attached hydrogen (secondary N) is 1. The van der Waals surface area contributed by atoms with Crippen LogP contribution in [-0.4, -0.2) is 36.5 Å². The number of carbonyl (C=O) groups excluding carboxylic acids is 1. The molecule has 0 bridgehead atoms. The summed E-state index contributed by atoms with van der Waals surface area (Å²) in [6, 6.07) is 9.09. The second-order valence-corrected chi connectivity index (χ2v) is 8.48. The molecule has 1 fully saturated rings. The van der Waals surface area contributed by atoms with Crippen molar-refractivity contribution in [3.8, 4) is 0 Å². The molecule has 1 amide bonds. The minimum Gasteiger partial charge on any atom is -0.353 e. The summed E-state index contributed by atoms with van der Waals surface area (Å²) in [5, 5.41) is 3.24. The van der Waals surface area contributed by atoms with Gasteiger partial charge in [-0.05, 0) is 48.8 Å². The number of aryl methyl sites for hydroxylation is 1. The van der Waals surface area contributed by atoms with Gasteiger partial charge >= 0.3 is 0 Å². The van der Waals surface area contributed by atoms with Gasteiger partial charge in [-0.3, -0.25) is 4.79 Å². The lowest BCUT2D eigenvalue weighted by atomic mass is 9.86. The largest absolute Gasteiger partial charge is 0.353 e. The van der Waals surface area contributed by atoms with E-state index in [-0.39, 0.29) is 11.3 Å². The van der Waals surface area contributed by atoms with Crippen LogP contribution < -0.4 is 5.32 Å². The van der Waals surface area contributed by atoms with E-state index in [1.165, 1.54) is 30.5 Å². The smallest absolute Gasteiger partial charge is 0.220 e. The third-order valence-electron chi connectivity index (χ3n) is 5.24. The van der Waals surface area contributed by atoms with Gasteiger partial charge in [-0.2, -0.15) is 0 Å². The Hall–Kier alpha value is -1.35. The molecule has 0 atom stereocenters. The summed E-state index contributed by atoms with van der Waals surface area (Å²) < 4.78 is 0. The molecule has 0 unspecified atom stereocenters. The Bertz CT molecular complexity index is 522. The first-order valence-corrected chi connectivity index (χ1v) is 9.99. The molecule has 25 heavy (non-hydrogen) atoms. The maximum atomic E-state index is 12.2. The Balaban J connectivity index is 1.69. The van der Waals surface area contributed by atoms with Gasteiger partial charge in [0, 0.05) is 25.6 Å². The van der Waals surface area contributed by atoms with Crippen molar-refractivity contribution in [3.05, 3.63) is 35.4 Å². The monoisotopic (exact) mass is 344 g/mol. The Labute approximate surface area is 154 Å². The SMILES string of the molecule is CCCCN1CCC(NC(=O)CCc2ccc(C(C)(C)C)cc2)CC1. The second-order valence-electron chi connectivity index (χ2n) is 8.48. The predicted molar refractivity (Wildman–Crippen MR) is 106 cm³/mol. The van der Waals surface area contributed by atoms with E-state index < -0.39 is 0 Å². The molecule has 3 nitrogen and oxygen atoms in total. The number of carbonyl (C=O) groups is 1. The normalized spacial score (nSPS) is 16.8. The Morgan fingerprint density at radius 1 is 1.16 bits per heavy atom. The lowest BCUT2D eigenvalue weighted by molar-refractivity contribution is -0.122. The van der Waals surface area contributed by atoms with Crippen molar-refractivity contribution in [3.63, 3.8) is 0 Å². The fourth-order valence-corrected chi connectivity index (χ4v) is 3.41. The summed E-state index contributed by atoms with van der Waals surface area (Å²) in [5.41, 5.74) is 2.77. The number of hydrogen-bond acceptors (Lipinski definition) is 2. The van der Waals surface area contributed by atoms with Crippen LogP contribution in [-0.2, 0) is 16.6 Å². The molecule has 0 aromatic heterocycles. The lowest BCUT2D eigenvalue weighted by Crippen LogP contribution is -2.44. The van der Waals surface area contributed by atoms with Gasteiger partial charge in [0.2, 0.25) is 5.91 Å². The number of amides is 1. The molecule has 1 saturated heterocycles. The molecular weight excluding hydrogens is 308 g/mol. The van der Waals surface area contributed by atoms with Gasteiger partial charge in [-0.15, -0.1) is 0 Å². The molecule has 1 heterocycles. The molecule has 0 aliphatic carbocycles. The lowest BCUT2D eigenvalue weighted by Gasteiger charge is -2.32. The number of hydrogen-bond donors (Lipinski definition) is 1. The summed E-state index contributed by atoms with van der Waals surface area (Å²) in [7, 11) is 0. The first-order valence-electron chi connectivity index (χ1n) is 9.99. The zero-order valence-electron chi connectivity index (χ0n) is 16.6. The fraction of sp³-hybridized carbons (Fsp3) is 0.682. The van der Waals surface area contributed by atoms with E-state index in [9.17, 15) is 4.79 Å². The molecule has 0 radical (unpaired) electrons. The van der Waals surface area contributed by atoms with Crippen molar-refractivity contribution >= 4 is 5.91 Å². The zero-order chi connectivity index (χ0) is 18.3. The van der Waals surface area contributed by atoms with Gasteiger partial charge in [-0.1, -0.05) is 58.4 Å². The third kappa shape index (κ3) is 6.81. The first kappa shape index (κ1) is 20.0. The number of likely N-dealkylation sites (tertiary alicyclic amines) is 1. The molecule has 1 aromatic carbocycles. The van der Waals surface area contributed by atoms with E-state index in [4.69, 9.17) is 0 Å². The van der Waals surface area contributed by atoms with Crippen LogP contribution in [0.25, 0.3) is 0 Å². The summed E-state index contributed by atoms with van der Waals surface area (Å²) in [4.78, 5) is 14.8. The van der Waals surface area contributed by atoms with Crippen molar-refractivity contribution in [2.24, 2.45) is 0 Å². The van der Waals surface area contributed by atoms with Crippen molar-refractivity contribution in [1.82, 2.24) is 10.2 Å². The maximum absolute atomic E-state index is 12.2. The molecule has 0 saturated carbocycles. The van der Waals surface area contributed by atoms with Crippen LogP contribution in [0.4, 0.5) is 0 Å². The molecule has 0 spiro atoms. The van der Waals surface area contributed by atoms with E-state index in [0.29, 0.717) is 12.5 Å². The van der Waals surface area contributed by atoms with Gasteiger partial charge in [0.15, 0.2) is 0 Å². The molecule has 3 heteroatoms. The highest BCUT2D eigenvalue weighted by molar-refractivity contribution is 5.76. The highest BCUT2D eigenvalue weighted by atomic mass is 16.1. The summed E-state index contributed by atoms with van der Waals surface area (Å²) in [6.07, 6.45) is 6.14. The molecule has 1 N–H and O–H groups in total. The van der Waals surface area contributed by atoms with Crippen molar-refractivity contribution in [1.29, 1.82) is 0 Å². The average Bonchev–Trinajstić information content (AvgIpc) is 2.59. The third-order valence-corrected chi connectivity index (χ3v) is 5.24. The van der Waals surface area contributed by atoms with E-state index >= 15 is 0 Å². The van der Waals surface area contributed by atoms with Crippen molar-refractivity contribution < 1.29 is 4.79 Å². The van der Waals surface area contributed by atoms with Crippen LogP contribution in [0.5, 0.6) is 0 Å². The Morgan fingerprint density at radius 3 is 2.36 bits per heavy atom. The van der Waals surface area contributed by atoms with E-state index in [1.807, 2.05) is 0 Å². The molecule has 2 rings (SSSR count). The predicted octanol–water partition coefficient (Wildman–Crippen LogP) is 4.30. The first-order chi connectivity index (χ1) is 11.9. The standard InChI is InChI=1S/C22H36N2O/c1-5-6-15-24-16-13-20(14-17-24)23-21(25)12-9-18-7-10-19(11-8-18)22(2,3)4/h7-8,10-11,20H,5-6,9,12-17H2,1-4H3,(H,23,25). The summed E-state index contributed by atoms with van der Waals surface area (Å²) >= 11 is 0. The minimum absolute atomic E-state index is 0.182. The molecular formula is C22H36N2O. The minimum atomic E-state index is 0.182. The van der Waals surface area contributed by atoms with Gasteiger partial charge < -0.3 is 10.2 Å². The molecule has 1 aliphatic rings. The van der Waals surface area contributed by atoms with Crippen molar-refractivity contribution in [2.45, 2.75) is 77.7 Å². The van der Waals surface area contributed by atoms with Gasteiger partial charge in [0.25, 0.3) is 0 Å². The quantitative estimate of drug-likeness (QED) is 0.800. The second kappa shape index (κ2) is 9.38. The van der Waals surface area contributed by atoms with E-state index in [1.54, 1.807) is 0 Å². The van der Waals surface area contributed by atoms with Crippen LogP contribution in [0.15, 0.2) is 24.3 Å². The number of unbranched alkanes of at least 4 members (excludes halogenated alkanes) is 1. The molecule has 1 aliphatic heterocycles. The number of piperidine rings is 1. The van der Waals surface area contributed by atoms with Crippen LogP contribution in [0.2, 0.25) is 0 Å². The van der Waals surface area contributed by atoms with E-state index in [2.05, 4.69) is 62.2 Å². The highest BCUT2D eigenvalue weighted by Gasteiger charge is 2.20. The number of rotatable bonds is 7. The van der Waals surface area contributed by atoms with E-state index in [0.717, 1.165) is 32.4 Å². The van der Waals surface area contributed by atoms with Crippen molar-refractivity contribution in [2.75, 3.05) is 19.6 Å². The average molecular weight is 345 g/mol. The maximum Gasteiger partial charge on any atom is 0.220 e. The fourth-order valence-electron chi connectivity index (χ4n) is 3.41. The topological polar surface area (TPSA) is 32.3 Å². The van der Waals surface area contributed by atoms with Crippen LogP contribution in [0.1, 0.15) is 70.9 Å². The number of nitrogens with zero attached hydrogens (tertiary/aromatic N) is 1.